The van der Waals surface area contributed by atoms with Crippen molar-refractivity contribution in [2.24, 2.45) is 0 Å². The molecule has 0 aliphatic heterocycles. The standard InChI is InChI=1S/C15H16BrN3O/c1-9-3-6-12(11(16)7-9)20-14-8-13(17-2)18-15(19-14)10-4-5-10/h3,6-8,10H,4-5H2,1-2H3,(H,17,18,19). The van der Waals surface area contributed by atoms with E-state index in [1.807, 2.05) is 38.2 Å². The molecule has 0 amide bonds. The van der Waals surface area contributed by atoms with Crippen LogP contribution < -0.4 is 10.1 Å². The zero-order valence-corrected chi connectivity index (χ0v) is 13.1. The fraction of sp³-hybridized carbons (Fsp3) is 0.333. The number of hydrogen-bond acceptors (Lipinski definition) is 4. The van der Waals surface area contributed by atoms with Gasteiger partial charge in [0.05, 0.1) is 4.47 Å². The van der Waals surface area contributed by atoms with Crippen molar-refractivity contribution in [3.05, 3.63) is 40.1 Å². The third kappa shape index (κ3) is 2.93. The molecule has 1 aliphatic rings. The summed E-state index contributed by atoms with van der Waals surface area (Å²) in [5.74, 6) is 3.50. The predicted octanol–water partition coefficient (Wildman–Crippen LogP) is 4.26. The van der Waals surface area contributed by atoms with Crippen LogP contribution in [0.1, 0.15) is 30.1 Å². The lowest BCUT2D eigenvalue weighted by Gasteiger charge is -2.10. The first-order chi connectivity index (χ1) is 9.65. The van der Waals surface area contributed by atoms with Crippen LogP contribution in [0.2, 0.25) is 0 Å². The van der Waals surface area contributed by atoms with Crippen LogP contribution in [0.3, 0.4) is 0 Å². The molecule has 0 spiro atoms. The van der Waals surface area contributed by atoms with E-state index in [-0.39, 0.29) is 0 Å². The maximum Gasteiger partial charge on any atom is 0.224 e. The summed E-state index contributed by atoms with van der Waals surface area (Å²) in [5.41, 5.74) is 1.18. The van der Waals surface area contributed by atoms with Gasteiger partial charge >= 0.3 is 0 Å². The lowest BCUT2D eigenvalue weighted by molar-refractivity contribution is 0.456. The lowest BCUT2D eigenvalue weighted by atomic mass is 10.2. The molecule has 2 aromatic rings. The Morgan fingerprint density at radius 2 is 2.05 bits per heavy atom. The highest BCUT2D eigenvalue weighted by molar-refractivity contribution is 9.10. The van der Waals surface area contributed by atoms with Crippen LogP contribution in [-0.4, -0.2) is 17.0 Å². The molecular formula is C15H16BrN3O. The van der Waals surface area contributed by atoms with Gasteiger partial charge in [-0.3, -0.25) is 0 Å². The van der Waals surface area contributed by atoms with E-state index >= 15 is 0 Å². The van der Waals surface area contributed by atoms with Crippen molar-refractivity contribution in [3.63, 3.8) is 0 Å². The molecule has 0 bridgehead atoms. The Morgan fingerprint density at radius 3 is 2.70 bits per heavy atom. The topological polar surface area (TPSA) is 47.0 Å². The molecule has 0 saturated heterocycles. The number of benzene rings is 1. The normalized spacial score (nSPS) is 14.2. The molecule has 1 fully saturated rings. The Hall–Kier alpha value is -1.62. The average molecular weight is 334 g/mol. The van der Waals surface area contributed by atoms with Gasteiger partial charge in [0.1, 0.15) is 17.4 Å². The van der Waals surface area contributed by atoms with E-state index in [9.17, 15) is 0 Å². The zero-order chi connectivity index (χ0) is 14.1. The Kier molecular flexibility index (Phi) is 3.61. The van der Waals surface area contributed by atoms with Crippen molar-refractivity contribution >= 4 is 21.7 Å². The molecule has 0 atom stereocenters. The highest BCUT2D eigenvalue weighted by Crippen LogP contribution is 2.39. The lowest BCUT2D eigenvalue weighted by Crippen LogP contribution is -2.01. The van der Waals surface area contributed by atoms with E-state index in [0.29, 0.717) is 11.8 Å². The monoisotopic (exact) mass is 333 g/mol. The van der Waals surface area contributed by atoms with Gasteiger partial charge in [-0.15, -0.1) is 0 Å². The highest BCUT2D eigenvalue weighted by atomic mass is 79.9. The second-order valence-electron chi connectivity index (χ2n) is 5.01. The van der Waals surface area contributed by atoms with Crippen molar-refractivity contribution in [1.82, 2.24) is 9.97 Å². The van der Waals surface area contributed by atoms with Crippen molar-refractivity contribution in [1.29, 1.82) is 0 Å². The summed E-state index contributed by atoms with van der Waals surface area (Å²) in [6.07, 6.45) is 2.33. The molecule has 0 radical (unpaired) electrons. The zero-order valence-electron chi connectivity index (χ0n) is 11.5. The fourth-order valence-electron chi connectivity index (χ4n) is 1.95. The molecule has 1 saturated carbocycles. The summed E-state index contributed by atoms with van der Waals surface area (Å²) in [4.78, 5) is 8.99. The Balaban J connectivity index is 1.91. The summed E-state index contributed by atoms with van der Waals surface area (Å²) in [5, 5.41) is 3.06. The fourth-order valence-corrected chi connectivity index (χ4v) is 2.52. The van der Waals surface area contributed by atoms with E-state index in [2.05, 4.69) is 31.2 Å². The number of nitrogens with zero attached hydrogens (tertiary/aromatic N) is 2. The number of halogens is 1. The second kappa shape index (κ2) is 5.40. The smallest absolute Gasteiger partial charge is 0.224 e. The van der Waals surface area contributed by atoms with Gasteiger partial charge in [-0.2, -0.15) is 4.98 Å². The number of nitrogens with one attached hydrogen (secondary N) is 1. The molecule has 1 aliphatic carbocycles. The SMILES string of the molecule is CNc1cc(Oc2ccc(C)cc2Br)nc(C2CC2)n1. The minimum atomic E-state index is 0.493. The van der Waals surface area contributed by atoms with E-state index in [4.69, 9.17) is 4.74 Å². The van der Waals surface area contributed by atoms with Crippen molar-refractivity contribution in [2.75, 3.05) is 12.4 Å². The summed E-state index contributed by atoms with van der Waals surface area (Å²) < 4.78 is 6.81. The van der Waals surface area contributed by atoms with E-state index < -0.39 is 0 Å². The Bertz CT molecular complexity index is 641. The molecule has 4 nitrogen and oxygen atoms in total. The van der Waals surface area contributed by atoms with Crippen LogP contribution >= 0.6 is 15.9 Å². The maximum absolute atomic E-state index is 5.89. The van der Waals surface area contributed by atoms with Gasteiger partial charge < -0.3 is 10.1 Å². The molecule has 5 heteroatoms. The molecule has 104 valence electrons. The van der Waals surface area contributed by atoms with E-state index in [1.165, 1.54) is 18.4 Å². The first-order valence-electron chi connectivity index (χ1n) is 6.66. The largest absolute Gasteiger partial charge is 0.438 e. The van der Waals surface area contributed by atoms with Crippen LogP contribution in [0, 0.1) is 6.92 Å². The first-order valence-corrected chi connectivity index (χ1v) is 7.46. The van der Waals surface area contributed by atoms with Crippen LogP contribution in [0.4, 0.5) is 5.82 Å². The highest BCUT2D eigenvalue weighted by Gasteiger charge is 2.27. The number of anilines is 1. The summed E-state index contributed by atoms with van der Waals surface area (Å²) >= 11 is 3.52. The average Bonchev–Trinajstić information content (AvgIpc) is 3.26. The van der Waals surface area contributed by atoms with Crippen molar-refractivity contribution in [2.45, 2.75) is 25.7 Å². The molecule has 1 heterocycles. The third-order valence-corrected chi connectivity index (χ3v) is 3.84. The molecule has 0 unspecified atom stereocenters. The predicted molar refractivity (Wildman–Crippen MR) is 82.5 cm³/mol. The number of rotatable bonds is 4. The van der Waals surface area contributed by atoms with Gasteiger partial charge in [-0.1, -0.05) is 6.07 Å². The summed E-state index contributed by atoms with van der Waals surface area (Å²) in [6.45, 7) is 2.05. The number of hydrogen-bond donors (Lipinski definition) is 1. The molecule has 3 rings (SSSR count). The van der Waals surface area contributed by atoms with Gasteiger partial charge in [0.15, 0.2) is 0 Å². The van der Waals surface area contributed by atoms with Crippen LogP contribution in [0.15, 0.2) is 28.7 Å². The maximum atomic E-state index is 5.89. The van der Waals surface area contributed by atoms with Crippen molar-refractivity contribution < 1.29 is 4.74 Å². The number of aromatic nitrogens is 2. The first kappa shape index (κ1) is 13.4. The van der Waals surface area contributed by atoms with Gasteiger partial charge in [-0.25, -0.2) is 4.98 Å². The van der Waals surface area contributed by atoms with Crippen LogP contribution in [0.25, 0.3) is 0 Å². The Morgan fingerprint density at radius 1 is 1.25 bits per heavy atom. The van der Waals surface area contributed by atoms with Crippen LogP contribution in [-0.2, 0) is 0 Å². The molecular weight excluding hydrogens is 318 g/mol. The van der Waals surface area contributed by atoms with E-state index in [0.717, 1.165) is 21.9 Å². The summed E-state index contributed by atoms with van der Waals surface area (Å²) in [6, 6.07) is 7.80. The van der Waals surface area contributed by atoms with Crippen LogP contribution in [0.5, 0.6) is 11.6 Å². The van der Waals surface area contributed by atoms with Gasteiger partial charge in [0, 0.05) is 19.0 Å². The summed E-state index contributed by atoms with van der Waals surface area (Å²) in [7, 11) is 1.85. The number of ether oxygens (including phenoxy) is 1. The Labute approximate surface area is 126 Å². The van der Waals surface area contributed by atoms with Gasteiger partial charge in [0.2, 0.25) is 5.88 Å². The van der Waals surface area contributed by atoms with E-state index in [1.54, 1.807) is 0 Å². The van der Waals surface area contributed by atoms with Gasteiger partial charge in [0.25, 0.3) is 0 Å². The molecule has 1 aromatic carbocycles. The quantitative estimate of drug-likeness (QED) is 0.908. The third-order valence-electron chi connectivity index (χ3n) is 3.22. The minimum Gasteiger partial charge on any atom is -0.438 e. The van der Waals surface area contributed by atoms with Crippen molar-refractivity contribution in [3.8, 4) is 11.6 Å². The number of aryl methyl sites for hydroxylation is 1. The molecule has 20 heavy (non-hydrogen) atoms. The molecule has 1 N–H and O–H groups in total. The molecule has 1 aromatic heterocycles. The minimum absolute atomic E-state index is 0.493. The van der Waals surface area contributed by atoms with Gasteiger partial charge in [-0.05, 0) is 53.4 Å². The second-order valence-corrected chi connectivity index (χ2v) is 5.86.